The van der Waals surface area contributed by atoms with Gasteiger partial charge in [0.15, 0.2) is 0 Å². The van der Waals surface area contributed by atoms with Crippen molar-refractivity contribution in [2.75, 3.05) is 92.3 Å². The molecule has 1 aliphatic heterocycles. The molecule has 1 saturated heterocycles. The van der Waals surface area contributed by atoms with Gasteiger partial charge in [-0.15, -0.1) is 0 Å². The number of esters is 1. The van der Waals surface area contributed by atoms with E-state index in [1.165, 1.54) is 24.3 Å². The van der Waals surface area contributed by atoms with Crippen molar-refractivity contribution in [3.63, 3.8) is 0 Å². The molecule has 1 heterocycles. The van der Waals surface area contributed by atoms with E-state index in [1.54, 1.807) is 30.3 Å². The molecule has 0 aromatic heterocycles. The third-order valence-corrected chi connectivity index (χ3v) is 10.2. The molecule has 2 aromatic rings. The molecule has 1 aliphatic rings. The Hall–Kier alpha value is -3.86. The van der Waals surface area contributed by atoms with Crippen LogP contribution in [0.3, 0.4) is 0 Å². The average molecular weight is 779 g/mol. The van der Waals surface area contributed by atoms with Crippen LogP contribution in [0, 0.1) is 0 Å². The number of carboxylic acid groups (broad SMARTS) is 1. The Kier molecular flexibility index (Phi) is 19.6. The van der Waals surface area contributed by atoms with Gasteiger partial charge < -0.3 is 43.6 Å². The molecule has 2 N–H and O–H groups in total. The number of aliphatic carboxylic acids is 1. The van der Waals surface area contributed by atoms with Crippen LogP contribution in [0.1, 0.15) is 61.9 Å². The number of hydrogen-bond donors (Lipinski definition) is 2. The van der Waals surface area contributed by atoms with Crippen molar-refractivity contribution in [3.05, 3.63) is 59.7 Å². The molecule has 2 aromatic carbocycles. The number of amides is 1. The molecule has 0 saturated carbocycles. The Bertz CT molecular complexity index is 1570. The lowest BCUT2D eigenvalue weighted by atomic mass is 9.90. The van der Waals surface area contributed by atoms with Crippen LogP contribution in [0.25, 0.3) is 0 Å². The lowest BCUT2D eigenvalue weighted by molar-refractivity contribution is -0.153. The minimum atomic E-state index is -3.28. The smallest absolute Gasteiger partial charge is 0.325 e. The minimum Gasteiger partial charge on any atom is -0.491 e. The average Bonchev–Trinajstić information content (AvgIpc) is 3.15. The fraction of sp³-hybridized carbons (Fsp3) is 0.579. The highest BCUT2D eigenvalue weighted by Crippen LogP contribution is 2.32. The van der Waals surface area contributed by atoms with Gasteiger partial charge in [-0.1, -0.05) is 12.1 Å². The Morgan fingerprint density at radius 1 is 0.778 bits per heavy atom. The summed E-state index contributed by atoms with van der Waals surface area (Å²) in [6, 6.07) is 13.8. The molecule has 0 radical (unpaired) electrons. The quantitative estimate of drug-likeness (QED) is 0.0852. The summed E-state index contributed by atoms with van der Waals surface area (Å²) in [6.45, 7) is 10.1. The van der Waals surface area contributed by atoms with Gasteiger partial charge in [0.1, 0.15) is 34.2 Å². The third-order valence-electron chi connectivity index (χ3n) is 7.98. The molecule has 54 heavy (non-hydrogen) atoms. The highest BCUT2D eigenvalue weighted by molar-refractivity contribution is 7.98. The van der Waals surface area contributed by atoms with Gasteiger partial charge in [-0.25, -0.2) is 13.3 Å². The fourth-order valence-electron chi connectivity index (χ4n) is 5.31. The van der Waals surface area contributed by atoms with Crippen molar-refractivity contribution >= 4 is 32.8 Å². The number of piperidine rings is 1. The Balaban J connectivity index is 1.26. The van der Waals surface area contributed by atoms with Gasteiger partial charge in [0.05, 0.1) is 77.4 Å². The Morgan fingerprint density at radius 2 is 1.28 bits per heavy atom. The molecule has 3 rings (SSSR count). The first-order valence-electron chi connectivity index (χ1n) is 18.0. The van der Waals surface area contributed by atoms with Crippen LogP contribution >= 0.6 is 0 Å². The van der Waals surface area contributed by atoms with E-state index >= 15 is 0 Å². The molecule has 300 valence electrons. The number of benzene rings is 2. The molecular weight excluding hydrogens is 724 g/mol. The van der Waals surface area contributed by atoms with Gasteiger partial charge in [0, 0.05) is 18.7 Å². The van der Waals surface area contributed by atoms with E-state index in [-0.39, 0.29) is 35.9 Å². The van der Waals surface area contributed by atoms with Crippen LogP contribution in [-0.2, 0) is 52.5 Å². The van der Waals surface area contributed by atoms with E-state index in [1.807, 2.05) is 24.3 Å². The third kappa shape index (κ3) is 16.7. The maximum absolute atomic E-state index is 13.8. The predicted octanol–water partition coefficient (Wildman–Crippen LogP) is 3.20. The Labute approximate surface area is 317 Å². The van der Waals surface area contributed by atoms with Gasteiger partial charge >= 0.3 is 11.9 Å². The molecular formula is C38H54N2O13S. The maximum Gasteiger partial charge on any atom is 0.325 e. The van der Waals surface area contributed by atoms with E-state index < -0.39 is 33.2 Å². The summed E-state index contributed by atoms with van der Waals surface area (Å²) < 4.78 is 53.4. The number of hydrogen-bond acceptors (Lipinski definition) is 12. The summed E-state index contributed by atoms with van der Waals surface area (Å²) >= 11 is 0. The van der Waals surface area contributed by atoms with Gasteiger partial charge in [-0.05, 0) is 81.5 Å². The van der Waals surface area contributed by atoms with Gasteiger partial charge in [0.2, 0.25) is 5.23 Å². The summed E-state index contributed by atoms with van der Waals surface area (Å²) in [6.07, 6.45) is 1.39. The highest BCUT2D eigenvalue weighted by Gasteiger charge is 2.29. The number of ether oxygens (including phenoxy) is 7. The number of nitrogens with zero attached hydrogens (tertiary/aromatic N) is 1. The van der Waals surface area contributed by atoms with Crippen molar-refractivity contribution in [3.8, 4) is 5.75 Å². The molecule has 1 atom stereocenters. The minimum absolute atomic E-state index is 0.0198. The molecule has 1 unspecified atom stereocenters. The lowest BCUT2D eigenvalue weighted by Crippen LogP contribution is -2.38. The van der Waals surface area contributed by atoms with Crippen LogP contribution < -0.4 is 10.1 Å². The molecule has 16 heteroatoms. The van der Waals surface area contributed by atoms with E-state index in [9.17, 15) is 23.4 Å². The van der Waals surface area contributed by atoms with Crippen molar-refractivity contribution in [2.24, 2.45) is 0 Å². The zero-order chi connectivity index (χ0) is 39.2. The van der Waals surface area contributed by atoms with Crippen LogP contribution in [0.5, 0.6) is 5.75 Å². The number of carboxylic acids is 1. The van der Waals surface area contributed by atoms with E-state index in [0.717, 1.165) is 11.3 Å². The van der Waals surface area contributed by atoms with Crippen molar-refractivity contribution in [2.45, 2.75) is 56.4 Å². The SMILES string of the molecule is CC(C)(C)OC(=O)CNC(=O)c1ccc(S(=O)(=C=O)N2CCC(c3ccc(OCCOCCOCCOCCOCCOCCC(=O)O)cc3)CC2)cc1. The number of carbonyl (C=O) groups excluding carboxylic acids is 3. The fourth-order valence-corrected chi connectivity index (χ4v) is 7.04. The number of carbonyl (C=O) groups is 3. The molecule has 1 amide bonds. The number of nitrogens with one attached hydrogen (secondary N) is 1. The molecule has 15 nitrogen and oxygen atoms in total. The van der Waals surface area contributed by atoms with Crippen LogP contribution in [-0.4, -0.2) is 135 Å². The predicted molar refractivity (Wildman–Crippen MR) is 199 cm³/mol. The van der Waals surface area contributed by atoms with Gasteiger partial charge in [-0.3, -0.25) is 14.4 Å². The first-order valence-corrected chi connectivity index (χ1v) is 19.5. The molecule has 1 fully saturated rings. The van der Waals surface area contributed by atoms with E-state index in [4.69, 9.17) is 38.3 Å². The summed E-state index contributed by atoms with van der Waals surface area (Å²) in [5.74, 6) is -0.982. The summed E-state index contributed by atoms with van der Waals surface area (Å²) in [4.78, 5) is 47.2. The standard InChI is InChI=1S/C38H54N2O13S/c1-38(2,3)53-36(44)28-39-37(45)32-6-10-34(11-7-32)54(46,29-41)40-15-12-31(13-16-40)30-4-8-33(9-5-30)52-27-26-51-25-24-50-23-22-49-21-20-48-19-18-47-17-14-35(42)43/h4-11,31H,12-28H2,1-3H3,(H,39,45)(H,42,43). The topological polar surface area (TPSA) is 185 Å². The second kappa shape index (κ2) is 23.8. The second-order valence-electron chi connectivity index (χ2n) is 13.2. The molecule has 0 bridgehead atoms. The normalized spacial score (nSPS) is 14.9. The van der Waals surface area contributed by atoms with Gasteiger partial charge in [0.25, 0.3) is 5.91 Å². The largest absolute Gasteiger partial charge is 0.491 e. The monoisotopic (exact) mass is 778 g/mol. The molecule has 0 aliphatic carbocycles. The first kappa shape index (κ1) is 44.5. The number of rotatable bonds is 25. The Morgan fingerprint density at radius 3 is 1.76 bits per heavy atom. The van der Waals surface area contributed by atoms with Crippen LogP contribution in [0.15, 0.2) is 53.4 Å². The first-order chi connectivity index (χ1) is 25.9. The van der Waals surface area contributed by atoms with E-state index in [2.05, 4.69) is 5.32 Å². The van der Waals surface area contributed by atoms with Crippen molar-refractivity contribution < 1.29 is 61.7 Å². The zero-order valence-corrected chi connectivity index (χ0v) is 32.2. The molecule has 0 spiro atoms. The lowest BCUT2D eigenvalue weighted by Gasteiger charge is -2.33. The van der Waals surface area contributed by atoms with E-state index in [0.29, 0.717) is 92.0 Å². The summed E-state index contributed by atoms with van der Waals surface area (Å²) in [7, 11) is -3.28. The maximum atomic E-state index is 13.8. The van der Waals surface area contributed by atoms with Crippen LogP contribution in [0.4, 0.5) is 0 Å². The summed E-state index contributed by atoms with van der Waals surface area (Å²) in [5, 5.41) is 12.8. The highest BCUT2D eigenvalue weighted by atomic mass is 32.2. The summed E-state index contributed by atoms with van der Waals surface area (Å²) in [5.41, 5.74) is 0.728. The second-order valence-corrected chi connectivity index (χ2v) is 15.4. The zero-order valence-electron chi connectivity index (χ0n) is 31.4. The van der Waals surface area contributed by atoms with Crippen molar-refractivity contribution in [1.82, 2.24) is 9.62 Å². The van der Waals surface area contributed by atoms with Crippen molar-refractivity contribution in [1.29, 1.82) is 0 Å². The van der Waals surface area contributed by atoms with Gasteiger partial charge in [-0.2, -0.15) is 0 Å². The van der Waals surface area contributed by atoms with Crippen LogP contribution in [0.2, 0.25) is 0 Å².